The fourth-order valence-electron chi connectivity index (χ4n) is 9.66. The second-order valence-corrected chi connectivity index (χ2v) is 17.2. The summed E-state index contributed by atoms with van der Waals surface area (Å²) < 4.78 is 2.63. The number of hydrogen-bond donors (Lipinski definition) is 0. The number of nitrogens with zero attached hydrogens (tertiary/aromatic N) is 2. The second-order valence-electron chi connectivity index (χ2n) is 16.1. The molecule has 0 spiro atoms. The number of rotatable bonds is 7. The Kier molecular flexibility index (Phi) is 8.62. The van der Waals surface area contributed by atoms with Gasteiger partial charge in [0.1, 0.15) is 0 Å². The third-order valence-corrected chi connectivity index (χ3v) is 13.8. The predicted molar refractivity (Wildman–Crippen MR) is 259 cm³/mol. The van der Waals surface area contributed by atoms with Crippen LogP contribution in [0.3, 0.4) is 0 Å². The number of benzene rings is 9. The molecule has 290 valence electrons. The van der Waals surface area contributed by atoms with Gasteiger partial charge >= 0.3 is 0 Å². The Morgan fingerprint density at radius 1 is 0.306 bits per heavy atom. The van der Waals surface area contributed by atoms with Gasteiger partial charge < -0.3 is 0 Å². The van der Waals surface area contributed by atoms with Crippen LogP contribution in [0.1, 0.15) is 22.3 Å². The van der Waals surface area contributed by atoms with Crippen molar-refractivity contribution < 1.29 is 0 Å². The highest BCUT2D eigenvalue weighted by molar-refractivity contribution is 7.25. The van der Waals surface area contributed by atoms with E-state index in [0.717, 1.165) is 33.6 Å². The third-order valence-electron chi connectivity index (χ3n) is 12.6. The minimum Gasteiger partial charge on any atom is -0.228 e. The first-order valence-electron chi connectivity index (χ1n) is 21.1. The van der Waals surface area contributed by atoms with Crippen LogP contribution in [0.2, 0.25) is 0 Å². The first kappa shape index (κ1) is 36.2. The van der Waals surface area contributed by atoms with Crippen LogP contribution in [-0.2, 0) is 5.41 Å². The summed E-state index contributed by atoms with van der Waals surface area (Å²) >= 11 is 1.85. The van der Waals surface area contributed by atoms with Crippen LogP contribution in [0.4, 0.5) is 0 Å². The Labute approximate surface area is 365 Å². The average Bonchev–Trinajstić information content (AvgIpc) is 3.88. The molecule has 11 aromatic rings. The molecule has 0 unspecified atom stereocenters. The molecule has 0 N–H and O–H groups in total. The van der Waals surface area contributed by atoms with Crippen molar-refractivity contribution in [2.24, 2.45) is 0 Å². The molecule has 0 radical (unpaired) electrons. The molecule has 0 saturated heterocycles. The van der Waals surface area contributed by atoms with Gasteiger partial charge in [0.25, 0.3) is 0 Å². The number of fused-ring (bicyclic) bond motifs is 6. The molecule has 0 amide bonds. The monoisotopic (exact) mass is 806 g/mol. The summed E-state index contributed by atoms with van der Waals surface area (Å²) in [7, 11) is 0. The molecule has 9 aromatic carbocycles. The first-order chi connectivity index (χ1) is 30.7. The molecule has 0 atom stereocenters. The van der Waals surface area contributed by atoms with Crippen LogP contribution in [0.15, 0.2) is 231 Å². The van der Waals surface area contributed by atoms with E-state index in [2.05, 4.69) is 212 Å². The van der Waals surface area contributed by atoms with Crippen LogP contribution in [-0.4, -0.2) is 9.97 Å². The molecule has 0 bridgehead atoms. The van der Waals surface area contributed by atoms with Gasteiger partial charge in [-0.15, -0.1) is 11.3 Å². The summed E-state index contributed by atoms with van der Waals surface area (Å²) in [6.45, 7) is 0. The molecule has 0 saturated carbocycles. The van der Waals surface area contributed by atoms with Crippen molar-refractivity contribution in [3.05, 3.63) is 253 Å². The van der Waals surface area contributed by atoms with Gasteiger partial charge in [0.15, 0.2) is 5.82 Å². The van der Waals surface area contributed by atoms with Gasteiger partial charge in [0.05, 0.1) is 16.8 Å². The van der Waals surface area contributed by atoms with Gasteiger partial charge in [0.2, 0.25) is 0 Å². The van der Waals surface area contributed by atoms with Crippen molar-refractivity contribution >= 4 is 31.5 Å². The molecular weight excluding hydrogens is 769 g/mol. The first-order valence-corrected chi connectivity index (χ1v) is 22.0. The molecular formula is C59H38N2S. The standard InChI is InChI=1S/C59H38N2S/c1-3-13-44(14-4-1)58-60-54(38-55(61-58)43-29-25-41(26-30-43)45-33-36-57-51(37-45)50-19-9-12-22-56(50)62-57)42-27-23-39(24-28-42)40-31-34-47(35-32-40)59(46-15-5-2-6-16-46)52-20-10-7-17-48(52)49-18-8-11-21-53(49)59/h1-38H. The zero-order valence-corrected chi connectivity index (χ0v) is 34.6. The normalized spacial score (nSPS) is 12.6. The largest absolute Gasteiger partial charge is 0.228 e. The van der Waals surface area contributed by atoms with E-state index in [-0.39, 0.29) is 0 Å². The van der Waals surface area contributed by atoms with E-state index >= 15 is 0 Å². The van der Waals surface area contributed by atoms with E-state index < -0.39 is 5.41 Å². The van der Waals surface area contributed by atoms with Crippen molar-refractivity contribution in [3.8, 4) is 67.3 Å². The van der Waals surface area contributed by atoms with Gasteiger partial charge in [0, 0.05) is 36.9 Å². The maximum Gasteiger partial charge on any atom is 0.160 e. The fourth-order valence-corrected chi connectivity index (χ4v) is 10.7. The minimum atomic E-state index is -0.411. The topological polar surface area (TPSA) is 25.8 Å². The van der Waals surface area contributed by atoms with E-state index in [1.807, 2.05) is 29.5 Å². The molecule has 0 aliphatic heterocycles. The molecule has 1 aliphatic carbocycles. The van der Waals surface area contributed by atoms with Gasteiger partial charge in [-0.05, 0) is 79.9 Å². The van der Waals surface area contributed by atoms with Crippen LogP contribution in [0.5, 0.6) is 0 Å². The van der Waals surface area contributed by atoms with Gasteiger partial charge in [-0.2, -0.15) is 0 Å². The SMILES string of the molecule is c1ccc(-c2nc(-c3ccc(-c4ccc(C5(c6ccccc6)c6ccccc6-c6ccccc65)cc4)cc3)cc(-c3ccc(-c4ccc5sc6ccccc6c5c4)cc3)n2)cc1. The molecule has 62 heavy (non-hydrogen) atoms. The van der Waals surface area contributed by atoms with Crippen molar-refractivity contribution in [1.29, 1.82) is 0 Å². The van der Waals surface area contributed by atoms with E-state index in [4.69, 9.17) is 9.97 Å². The summed E-state index contributed by atoms with van der Waals surface area (Å²) in [5.74, 6) is 0.707. The second kappa shape index (κ2) is 14.8. The highest BCUT2D eigenvalue weighted by atomic mass is 32.1. The van der Waals surface area contributed by atoms with Crippen molar-refractivity contribution in [3.63, 3.8) is 0 Å². The van der Waals surface area contributed by atoms with Crippen LogP contribution < -0.4 is 0 Å². The maximum absolute atomic E-state index is 5.13. The lowest BCUT2D eigenvalue weighted by Gasteiger charge is -2.34. The predicted octanol–water partition coefficient (Wildman–Crippen LogP) is 15.5. The number of aromatic nitrogens is 2. The average molecular weight is 807 g/mol. The van der Waals surface area contributed by atoms with Crippen molar-refractivity contribution in [2.45, 2.75) is 5.41 Å². The van der Waals surface area contributed by atoms with E-state index in [9.17, 15) is 0 Å². The third kappa shape index (κ3) is 5.93. The number of hydrogen-bond acceptors (Lipinski definition) is 3. The number of thiophene rings is 1. The highest BCUT2D eigenvalue weighted by Crippen LogP contribution is 2.56. The van der Waals surface area contributed by atoms with Gasteiger partial charge in [-0.1, -0.05) is 206 Å². The zero-order chi connectivity index (χ0) is 41.0. The van der Waals surface area contributed by atoms with Crippen molar-refractivity contribution in [1.82, 2.24) is 9.97 Å². The highest BCUT2D eigenvalue weighted by Gasteiger charge is 2.45. The maximum atomic E-state index is 5.13. The van der Waals surface area contributed by atoms with Crippen molar-refractivity contribution in [2.75, 3.05) is 0 Å². The summed E-state index contributed by atoms with van der Waals surface area (Å²) in [6, 6.07) is 83.4. The lowest BCUT2D eigenvalue weighted by atomic mass is 9.67. The summed E-state index contributed by atoms with van der Waals surface area (Å²) in [5, 5.41) is 2.62. The Hall–Kier alpha value is -7.72. The molecule has 3 heteroatoms. The summed E-state index contributed by atoms with van der Waals surface area (Å²) in [5.41, 5.74) is 16.9. The smallest absolute Gasteiger partial charge is 0.160 e. The zero-order valence-electron chi connectivity index (χ0n) is 33.7. The van der Waals surface area contributed by atoms with Gasteiger partial charge in [-0.3, -0.25) is 0 Å². The van der Waals surface area contributed by atoms with Gasteiger partial charge in [-0.25, -0.2) is 9.97 Å². The Morgan fingerprint density at radius 2 is 0.758 bits per heavy atom. The lowest BCUT2D eigenvalue weighted by molar-refractivity contribution is 0.768. The van der Waals surface area contributed by atoms with E-state index in [1.54, 1.807) is 0 Å². The summed E-state index contributed by atoms with van der Waals surface area (Å²) in [6.07, 6.45) is 0. The Bertz CT molecular complexity index is 3380. The molecule has 2 nitrogen and oxygen atoms in total. The quantitative estimate of drug-likeness (QED) is 0.160. The molecule has 2 aromatic heterocycles. The van der Waals surface area contributed by atoms with E-state index in [1.165, 1.54) is 70.2 Å². The molecule has 12 rings (SSSR count). The van der Waals surface area contributed by atoms with Crippen LogP contribution in [0, 0.1) is 0 Å². The Morgan fingerprint density at radius 3 is 1.39 bits per heavy atom. The Balaban J connectivity index is 0.883. The molecule has 0 fully saturated rings. The van der Waals surface area contributed by atoms with Crippen LogP contribution in [0.25, 0.3) is 87.5 Å². The van der Waals surface area contributed by atoms with Crippen LogP contribution >= 0.6 is 11.3 Å². The minimum absolute atomic E-state index is 0.411. The fraction of sp³-hybridized carbons (Fsp3) is 0.0169. The summed E-state index contributed by atoms with van der Waals surface area (Å²) in [4.78, 5) is 10.3. The molecule has 2 heterocycles. The molecule has 1 aliphatic rings. The van der Waals surface area contributed by atoms with E-state index in [0.29, 0.717) is 5.82 Å². The lowest BCUT2D eigenvalue weighted by Crippen LogP contribution is -2.28.